The molecule has 0 aromatic heterocycles. The lowest BCUT2D eigenvalue weighted by atomic mass is 10.2. The first-order valence-corrected chi connectivity index (χ1v) is 10.7. The van der Waals surface area contributed by atoms with Crippen LogP contribution in [0.2, 0.25) is 5.02 Å². The minimum absolute atomic E-state index is 0.139. The van der Waals surface area contributed by atoms with Crippen molar-refractivity contribution in [3.05, 3.63) is 64.9 Å². The van der Waals surface area contributed by atoms with Crippen LogP contribution in [0, 0.1) is 5.82 Å². The van der Waals surface area contributed by atoms with Crippen molar-refractivity contribution in [2.45, 2.75) is 11.4 Å². The Balaban J connectivity index is 1.49. The van der Waals surface area contributed by atoms with Crippen LogP contribution in [-0.4, -0.2) is 56.3 Å². The molecule has 1 N–H and O–H groups in total. The highest BCUT2D eigenvalue weighted by molar-refractivity contribution is 7.89. The molecule has 0 aliphatic carbocycles. The number of nitrogens with one attached hydrogen (secondary N) is 1. The molecule has 1 aliphatic heterocycles. The van der Waals surface area contributed by atoms with Gasteiger partial charge in [0.2, 0.25) is 15.9 Å². The largest absolute Gasteiger partial charge is 0.351 e. The van der Waals surface area contributed by atoms with E-state index in [4.69, 9.17) is 11.6 Å². The van der Waals surface area contributed by atoms with Gasteiger partial charge in [0.1, 0.15) is 10.7 Å². The van der Waals surface area contributed by atoms with Crippen LogP contribution in [0.5, 0.6) is 0 Å². The van der Waals surface area contributed by atoms with E-state index in [-0.39, 0.29) is 30.4 Å². The number of carbonyl (C=O) groups excluding carboxylic acids is 1. The van der Waals surface area contributed by atoms with Crippen LogP contribution in [0.25, 0.3) is 0 Å². The van der Waals surface area contributed by atoms with E-state index >= 15 is 0 Å². The van der Waals surface area contributed by atoms with Crippen molar-refractivity contribution in [2.24, 2.45) is 0 Å². The first-order chi connectivity index (χ1) is 13.4. The van der Waals surface area contributed by atoms with Crippen molar-refractivity contribution in [3.8, 4) is 0 Å². The molecule has 0 bridgehead atoms. The lowest BCUT2D eigenvalue weighted by molar-refractivity contribution is -0.122. The summed E-state index contributed by atoms with van der Waals surface area (Å²) >= 11 is 5.83. The predicted octanol–water partition coefficient (Wildman–Crippen LogP) is 2.10. The molecule has 1 fully saturated rings. The van der Waals surface area contributed by atoms with Gasteiger partial charge in [-0.3, -0.25) is 9.69 Å². The zero-order valence-corrected chi connectivity index (χ0v) is 16.7. The molecule has 0 radical (unpaired) electrons. The summed E-state index contributed by atoms with van der Waals surface area (Å²) in [5.41, 5.74) is 0.943. The van der Waals surface area contributed by atoms with E-state index in [2.05, 4.69) is 5.32 Å². The minimum Gasteiger partial charge on any atom is -0.351 e. The summed E-state index contributed by atoms with van der Waals surface area (Å²) in [6.07, 6.45) is 0. The molecule has 3 rings (SSSR count). The number of halogens is 2. The zero-order chi connectivity index (χ0) is 20.1. The number of amides is 1. The molecular weight excluding hydrogens is 405 g/mol. The summed E-state index contributed by atoms with van der Waals surface area (Å²) < 4.78 is 40.3. The van der Waals surface area contributed by atoms with Gasteiger partial charge in [0.15, 0.2) is 0 Å². The summed E-state index contributed by atoms with van der Waals surface area (Å²) in [5, 5.41) is 3.47. The van der Waals surface area contributed by atoms with Gasteiger partial charge in [0.05, 0.1) is 6.54 Å². The van der Waals surface area contributed by atoms with Gasteiger partial charge in [-0.1, -0.05) is 35.9 Å². The van der Waals surface area contributed by atoms with Gasteiger partial charge in [-0.15, -0.1) is 0 Å². The van der Waals surface area contributed by atoms with E-state index in [1.165, 1.54) is 22.5 Å². The van der Waals surface area contributed by atoms with E-state index in [1.807, 2.05) is 17.0 Å². The molecule has 2 aromatic rings. The Labute approximate surface area is 168 Å². The summed E-state index contributed by atoms with van der Waals surface area (Å²) in [4.78, 5) is 13.7. The third-order valence-electron chi connectivity index (χ3n) is 4.56. The third-order valence-corrected chi connectivity index (χ3v) is 6.74. The maximum absolute atomic E-state index is 13.9. The fourth-order valence-electron chi connectivity index (χ4n) is 2.98. The topological polar surface area (TPSA) is 69.7 Å². The standard InChI is InChI=1S/C19H21ClFN3O3S/c20-16-7-5-15(6-8-16)13-22-19(25)14-23-9-11-24(12-10-23)28(26,27)18-4-2-1-3-17(18)21/h1-8H,9-14H2,(H,22,25). The second-order valence-corrected chi connectivity index (χ2v) is 8.86. The number of hydrogen-bond donors (Lipinski definition) is 1. The van der Waals surface area contributed by atoms with E-state index < -0.39 is 15.8 Å². The Bertz CT molecular complexity index is 930. The summed E-state index contributed by atoms with van der Waals surface area (Å²) in [5.74, 6) is -0.896. The van der Waals surface area contributed by atoms with E-state index in [0.717, 1.165) is 11.6 Å². The summed E-state index contributed by atoms with van der Waals surface area (Å²) in [7, 11) is -3.87. The summed E-state index contributed by atoms with van der Waals surface area (Å²) in [6.45, 7) is 1.81. The van der Waals surface area contributed by atoms with Crippen molar-refractivity contribution in [3.63, 3.8) is 0 Å². The lowest BCUT2D eigenvalue weighted by Gasteiger charge is -2.33. The Morgan fingerprint density at radius 3 is 2.32 bits per heavy atom. The number of nitrogens with zero attached hydrogens (tertiary/aromatic N) is 2. The van der Waals surface area contributed by atoms with Crippen LogP contribution in [0.1, 0.15) is 5.56 Å². The SMILES string of the molecule is O=C(CN1CCN(S(=O)(=O)c2ccccc2F)CC1)NCc1ccc(Cl)cc1. The first kappa shape index (κ1) is 20.7. The van der Waals surface area contributed by atoms with Crippen LogP contribution in [0.15, 0.2) is 53.4 Å². The van der Waals surface area contributed by atoms with Gasteiger partial charge < -0.3 is 5.32 Å². The monoisotopic (exact) mass is 425 g/mol. The van der Waals surface area contributed by atoms with E-state index in [1.54, 1.807) is 12.1 Å². The van der Waals surface area contributed by atoms with Crippen LogP contribution in [-0.2, 0) is 21.4 Å². The van der Waals surface area contributed by atoms with Crippen molar-refractivity contribution < 1.29 is 17.6 Å². The van der Waals surface area contributed by atoms with Gasteiger partial charge in [-0.25, -0.2) is 12.8 Å². The van der Waals surface area contributed by atoms with E-state index in [9.17, 15) is 17.6 Å². The highest BCUT2D eigenvalue weighted by atomic mass is 35.5. The van der Waals surface area contributed by atoms with Gasteiger partial charge in [-0.05, 0) is 29.8 Å². The molecule has 150 valence electrons. The molecule has 28 heavy (non-hydrogen) atoms. The smallest absolute Gasteiger partial charge is 0.246 e. The highest BCUT2D eigenvalue weighted by Crippen LogP contribution is 2.20. The predicted molar refractivity (Wildman–Crippen MR) is 105 cm³/mol. The number of sulfonamides is 1. The van der Waals surface area contributed by atoms with Crippen LogP contribution >= 0.6 is 11.6 Å². The lowest BCUT2D eigenvalue weighted by Crippen LogP contribution is -2.51. The molecule has 0 saturated carbocycles. The maximum atomic E-state index is 13.9. The number of carbonyl (C=O) groups is 1. The van der Waals surface area contributed by atoms with Crippen molar-refractivity contribution in [1.82, 2.24) is 14.5 Å². The Morgan fingerprint density at radius 1 is 1.04 bits per heavy atom. The summed E-state index contributed by atoms with van der Waals surface area (Å²) in [6, 6.07) is 12.6. The Kier molecular flexibility index (Phi) is 6.66. The molecule has 0 spiro atoms. The van der Waals surface area contributed by atoms with Gasteiger partial charge in [-0.2, -0.15) is 4.31 Å². The number of piperazine rings is 1. The quantitative estimate of drug-likeness (QED) is 0.769. The Hall–Kier alpha value is -2.00. The zero-order valence-electron chi connectivity index (χ0n) is 15.1. The average molecular weight is 426 g/mol. The Morgan fingerprint density at radius 2 is 1.68 bits per heavy atom. The van der Waals surface area contributed by atoms with E-state index in [0.29, 0.717) is 24.7 Å². The molecule has 0 atom stereocenters. The molecule has 2 aromatic carbocycles. The highest BCUT2D eigenvalue weighted by Gasteiger charge is 2.30. The van der Waals surface area contributed by atoms with Crippen LogP contribution < -0.4 is 5.32 Å². The van der Waals surface area contributed by atoms with Gasteiger partial charge in [0.25, 0.3) is 0 Å². The molecule has 6 nitrogen and oxygen atoms in total. The first-order valence-electron chi connectivity index (χ1n) is 8.84. The van der Waals surface area contributed by atoms with Gasteiger partial charge >= 0.3 is 0 Å². The molecule has 1 amide bonds. The minimum atomic E-state index is -3.87. The fraction of sp³-hybridized carbons (Fsp3) is 0.316. The maximum Gasteiger partial charge on any atom is 0.246 e. The average Bonchev–Trinajstić information content (AvgIpc) is 2.68. The second kappa shape index (κ2) is 9.00. The molecule has 0 unspecified atom stereocenters. The number of hydrogen-bond acceptors (Lipinski definition) is 4. The normalized spacial score (nSPS) is 16.1. The molecule has 1 saturated heterocycles. The second-order valence-electron chi connectivity index (χ2n) is 6.51. The molecule has 9 heteroatoms. The fourth-order valence-corrected chi connectivity index (χ4v) is 4.60. The van der Waals surface area contributed by atoms with Crippen LogP contribution in [0.4, 0.5) is 4.39 Å². The number of benzene rings is 2. The van der Waals surface area contributed by atoms with Crippen molar-refractivity contribution >= 4 is 27.5 Å². The third kappa shape index (κ3) is 5.08. The van der Waals surface area contributed by atoms with Crippen molar-refractivity contribution in [2.75, 3.05) is 32.7 Å². The molecule has 1 heterocycles. The molecular formula is C19H21ClFN3O3S. The van der Waals surface area contributed by atoms with Gasteiger partial charge in [0, 0.05) is 37.7 Å². The van der Waals surface area contributed by atoms with Crippen LogP contribution in [0.3, 0.4) is 0 Å². The number of rotatable bonds is 6. The van der Waals surface area contributed by atoms with Crippen molar-refractivity contribution in [1.29, 1.82) is 0 Å². The molecule has 1 aliphatic rings.